The molecule has 72 valence electrons. The molecule has 0 heterocycles. The van der Waals surface area contributed by atoms with Crippen LogP contribution in [0.25, 0.3) is 0 Å². The first kappa shape index (κ1) is 11.9. The van der Waals surface area contributed by atoms with Gasteiger partial charge in [0, 0.05) is 12.1 Å². The summed E-state index contributed by atoms with van der Waals surface area (Å²) in [6.45, 7) is 0.445. The van der Waals surface area contributed by atoms with Gasteiger partial charge >= 0.3 is 0 Å². The Morgan fingerprint density at radius 2 is 1.92 bits per heavy atom. The summed E-state index contributed by atoms with van der Waals surface area (Å²) in [6.07, 6.45) is 0. The highest BCUT2D eigenvalue weighted by molar-refractivity contribution is 5.93. The molecular weight excluding hydrogens is 192 g/mol. The van der Waals surface area contributed by atoms with Gasteiger partial charge in [0.15, 0.2) is 0 Å². The van der Waals surface area contributed by atoms with E-state index in [1.165, 1.54) is 0 Å². The first-order chi connectivity index (χ1) is 5.77. The summed E-state index contributed by atoms with van der Waals surface area (Å²) in [5.41, 5.74) is 8.27. The van der Waals surface area contributed by atoms with Crippen molar-refractivity contribution in [1.29, 1.82) is 0 Å². The van der Waals surface area contributed by atoms with E-state index >= 15 is 0 Å². The molecule has 1 rings (SSSR count). The maximum absolute atomic E-state index is 10.8. The highest BCUT2D eigenvalue weighted by atomic mass is 35.5. The van der Waals surface area contributed by atoms with E-state index < -0.39 is 5.91 Å². The molecule has 0 unspecified atom stereocenters. The maximum Gasteiger partial charge on any atom is 0.274 e. The molecule has 13 heavy (non-hydrogen) atoms. The van der Waals surface area contributed by atoms with Gasteiger partial charge in [0.2, 0.25) is 0 Å². The summed E-state index contributed by atoms with van der Waals surface area (Å²) in [6, 6.07) is 6.69. The van der Waals surface area contributed by atoms with Crippen molar-refractivity contribution in [3.63, 3.8) is 0 Å². The second-order valence-corrected chi connectivity index (χ2v) is 2.34. The molecule has 0 aromatic heterocycles. The van der Waals surface area contributed by atoms with Gasteiger partial charge in [0.1, 0.15) is 0 Å². The molecule has 0 atom stereocenters. The molecular formula is C8H11ClN2O2. The minimum atomic E-state index is -0.515. The summed E-state index contributed by atoms with van der Waals surface area (Å²) in [5, 5.41) is 8.29. The number of amides is 1. The zero-order valence-corrected chi connectivity index (χ0v) is 7.67. The van der Waals surface area contributed by atoms with Gasteiger partial charge in [-0.3, -0.25) is 10.0 Å². The van der Waals surface area contributed by atoms with Crippen molar-refractivity contribution >= 4 is 18.3 Å². The second kappa shape index (κ2) is 5.53. The normalized spacial score (nSPS) is 8.77. The van der Waals surface area contributed by atoms with E-state index in [-0.39, 0.29) is 12.4 Å². The van der Waals surface area contributed by atoms with Crippen molar-refractivity contribution < 1.29 is 10.0 Å². The molecule has 0 aliphatic rings. The fraction of sp³-hybridized carbons (Fsp3) is 0.125. The van der Waals surface area contributed by atoms with Gasteiger partial charge in [-0.25, -0.2) is 5.48 Å². The van der Waals surface area contributed by atoms with Crippen LogP contribution in [-0.4, -0.2) is 11.1 Å². The van der Waals surface area contributed by atoms with Crippen molar-refractivity contribution in [2.75, 3.05) is 0 Å². The number of rotatable bonds is 2. The Labute approximate surface area is 82.1 Å². The van der Waals surface area contributed by atoms with E-state index in [0.29, 0.717) is 12.1 Å². The van der Waals surface area contributed by atoms with Crippen molar-refractivity contribution in [3.8, 4) is 0 Å². The predicted molar refractivity (Wildman–Crippen MR) is 50.8 cm³/mol. The molecule has 0 aliphatic heterocycles. The van der Waals surface area contributed by atoms with Crippen LogP contribution in [0.2, 0.25) is 0 Å². The number of carbonyl (C=O) groups excluding carboxylic acids is 1. The summed E-state index contributed by atoms with van der Waals surface area (Å²) in [5.74, 6) is -0.515. The lowest BCUT2D eigenvalue weighted by atomic mass is 10.1. The zero-order valence-electron chi connectivity index (χ0n) is 6.86. The molecule has 0 saturated heterocycles. The molecule has 0 bridgehead atoms. The lowest BCUT2D eigenvalue weighted by molar-refractivity contribution is 0.0706. The first-order valence-corrected chi connectivity index (χ1v) is 3.51. The van der Waals surface area contributed by atoms with Gasteiger partial charge in [-0.1, -0.05) is 12.1 Å². The number of nitrogens with one attached hydrogen (secondary N) is 1. The van der Waals surface area contributed by atoms with Crippen LogP contribution >= 0.6 is 12.4 Å². The van der Waals surface area contributed by atoms with Crippen molar-refractivity contribution in [1.82, 2.24) is 5.48 Å². The SMILES string of the molecule is Cl.NCc1ccc(C(=O)NO)cc1. The van der Waals surface area contributed by atoms with Crippen molar-refractivity contribution in [2.45, 2.75) is 6.54 Å². The average molecular weight is 203 g/mol. The third-order valence-electron chi connectivity index (χ3n) is 1.55. The number of hydrogen-bond donors (Lipinski definition) is 3. The van der Waals surface area contributed by atoms with Crippen LogP contribution in [-0.2, 0) is 6.54 Å². The third-order valence-corrected chi connectivity index (χ3v) is 1.55. The molecule has 0 spiro atoms. The Balaban J connectivity index is 0.00000144. The van der Waals surface area contributed by atoms with E-state index in [1.54, 1.807) is 29.7 Å². The summed E-state index contributed by atoms with van der Waals surface area (Å²) < 4.78 is 0. The summed E-state index contributed by atoms with van der Waals surface area (Å²) >= 11 is 0. The molecule has 1 amide bonds. The van der Waals surface area contributed by atoms with Crippen LogP contribution < -0.4 is 11.2 Å². The number of nitrogens with two attached hydrogens (primary N) is 1. The van der Waals surface area contributed by atoms with Gasteiger partial charge in [-0.2, -0.15) is 0 Å². The Morgan fingerprint density at radius 1 is 1.38 bits per heavy atom. The van der Waals surface area contributed by atoms with E-state index in [4.69, 9.17) is 10.9 Å². The van der Waals surface area contributed by atoms with E-state index in [1.807, 2.05) is 0 Å². The monoisotopic (exact) mass is 202 g/mol. The number of hydrogen-bond acceptors (Lipinski definition) is 3. The van der Waals surface area contributed by atoms with Crippen LogP contribution in [0.4, 0.5) is 0 Å². The van der Waals surface area contributed by atoms with Crippen LogP contribution in [0, 0.1) is 0 Å². The molecule has 0 aliphatic carbocycles. The van der Waals surface area contributed by atoms with Gasteiger partial charge in [-0.15, -0.1) is 12.4 Å². The van der Waals surface area contributed by atoms with Gasteiger partial charge in [0.05, 0.1) is 0 Å². The van der Waals surface area contributed by atoms with E-state index in [9.17, 15) is 4.79 Å². The maximum atomic E-state index is 10.8. The number of halogens is 1. The van der Waals surface area contributed by atoms with Gasteiger partial charge in [0.25, 0.3) is 5.91 Å². The molecule has 5 heteroatoms. The first-order valence-electron chi connectivity index (χ1n) is 3.51. The summed E-state index contributed by atoms with van der Waals surface area (Å²) in [4.78, 5) is 10.8. The smallest absolute Gasteiger partial charge is 0.274 e. The largest absolute Gasteiger partial charge is 0.326 e. The molecule has 0 radical (unpaired) electrons. The number of hydroxylamine groups is 1. The fourth-order valence-electron chi connectivity index (χ4n) is 0.857. The van der Waals surface area contributed by atoms with Crippen LogP contribution in [0.1, 0.15) is 15.9 Å². The lowest BCUT2D eigenvalue weighted by Gasteiger charge is -1.99. The van der Waals surface area contributed by atoms with Crippen LogP contribution in [0.15, 0.2) is 24.3 Å². The zero-order chi connectivity index (χ0) is 8.97. The van der Waals surface area contributed by atoms with E-state index in [2.05, 4.69) is 0 Å². The molecule has 0 saturated carbocycles. The standard InChI is InChI=1S/C8H10N2O2.ClH/c9-5-6-1-3-7(4-2-6)8(11)10-12;/h1-4,12H,5,9H2,(H,10,11);1H. The topological polar surface area (TPSA) is 75.4 Å². The molecule has 4 nitrogen and oxygen atoms in total. The Kier molecular flexibility index (Phi) is 5.06. The Morgan fingerprint density at radius 3 is 2.31 bits per heavy atom. The van der Waals surface area contributed by atoms with Crippen LogP contribution in [0.5, 0.6) is 0 Å². The minimum Gasteiger partial charge on any atom is -0.326 e. The average Bonchev–Trinajstić information content (AvgIpc) is 2.17. The van der Waals surface area contributed by atoms with Gasteiger partial charge in [-0.05, 0) is 17.7 Å². The summed E-state index contributed by atoms with van der Waals surface area (Å²) in [7, 11) is 0. The highest BCUT2D eigenvalue weighted by Crippen LogP contribution is 2.02. The van der Waals surface area contributed by atoms with Crippen molar-refractivity contribution in [2.24, 2.45) is 5.73 Å². The predicted octanol–water partition coefficient (Wildman–Crippen LogP) is 0.686. The van der Waals surface area contributed by atoms with Gasteiger partial charge < -0.3 is 5.73 Å². The second-order valence-electron chi connectivity index (χ2n) is 2.34. The molecule has 0 fully saturated rings. The number of benzene rings is 1. The molecule has 1 aromatic carbocycles. The minimum absolute atomic E-state index is 0. The number of carbonyl (C=O) groups is 1. The quantitative estimate of drug-likeness (QED) is 0.488. The Hall–Kier alpha value is -1.10. The molecule has 1 aromatic rings. The third kappa shape index (κ3) is 3.02. The Bertz CT molecular complexity index is 274. The lowest BCUT2D eigenvalue weighted by Crippen LogP contribution is -2.18. The van der Waals surface area contributed by atoms with Crippen molar-refractivity contribution in [3.05, 3.63) is 35.4 Å². The molecule has 4 N–H and O–H groups in total. The fourth-order valence-corrected chi connectivity index (χ4v) is 0.857. The highest BCUT2D eigenvalue weighted by Gasteiger charge is 2.01. The van der Waals surface area contributed by atoms with E-state index in [0.717, 1.165) is 5.56 Å². The van der Waals surface area contributed by atoms with Crippen LogP contribution in [0.3, 0.4) is 0 Å².